The lowest BCUT2D eigenvalue weighted by Gasteiger charge is -2.13. The Morgan fingerprint density at radius 1 is 1.00 bits per heavy atom. The maximum atomic E-state index is 11.9. The van der Waals surface area contributed by atoms with Gasteiger partial charge in [-0.15, -0.1) is 0 Å². The lowest BCUT2D eigenvalue weighted by Crippen LogP contribution is -2.16. The molecule has 4 heteroatoms. The summed E-state index contributed by atoms with van der Waals surface area (Å²) in [6, 6.07) is 7.85. The van der Waals surface area contributed by atoms with Gasteiger partial charge in [0.05, 0.1) is 11.1 Å². The molecule has 0 spiro atoms. The molecule has 1 aliphatic rings. The Labute approximate surface area is 109 Å². The molecular formula is C15H12O4. The maximum Gasteiger partial charge on any atom is 0.343 e. The highest BCUT2D eigenvalue weighted by molar-refractivity contribution is 5.98. The number of fused-ring (bicyclic) bond motifs is 1. The third-order valence-corrected chi connectivity index (χ3v) is 3.31. The van der Waals surface area contributed by atoms with E-state index in [4.69, 9.17) is 4.42 Å². The van der Waals surface area contributed by atoms with Crippen LogP contribution in [-0.2, 0) is 6.42 Å². The lowest BCUT2D eigenvalue weighted by atomic mass is 9.94. The van der Waals surface area contributed by atoms with Crippen molar-refractivity contribution in [2.24, 2.45) is 0 Å². The quantitative estimate of drug-likeness (QED) is 0.851. The van der Waals surface area contributed by atoms with Gasteiger partial charge in [0.15, 0.2) is 5.78 Å². The maximum absolute atomic E-state index is 11.9. The number of ketones is 1. The van der Waals surface area contributed by atoms with Crippen molar-refractivity contribution in [3.63, 3.8) is 0 Å². The van der Waals surface area contributed by atoms with Crippen molar-refractivity contribution in [1.29, 1.82) is 0 Å². The Bertz CT molecular complexity index is 695. The molecule has 0 fully saturated rings. The molecule has 1 N–H and O–H groups in total. The van der Waals surface area contributed by atoms with E-state index in [1.807, 2.05) is 0 Å². The van der Waals surface area contributed by atoms with E-state index in [9.17, 15) is 14.7 Å². The van der Waals surface area contributed by atoms with Crippen LogP contribution >= 0.6 is 0 Å². The molecule has 4 nitrogen and oxygen atoms in total. The van der Waals surface area contributed by atoms with Crippen LogP contribution in [0.15, 0.2) is 39.5 Å². The largest absolute Gasteiger partial charge is 0.508 e. The van der Waals surface area contributed by atoms with Crippen LogP contribution in [-0.4, -0.2) is 10.9 Å². The molecule has 0 saturated heterocycles. The van der Waals surface area contributed by atoms with Gasteiger partial charge >= 0.3 is 5.63 Å². The smallest absolute Gasteiger partial charge is 0.343 e. The van der Waals surface area contributed by atoms with E-state index in [1.165, 1.54) is 12.1 Å². The van der Waals surface area contributed by atoms with Crippen LogP contribution < -0.4 is 5.63 Å². The fourth-order valence-corrected chi connectivity index (χ4v) is 2.31. The monoisotopic (exact) mass is 256 g/mol. The van der Waals surface area contributed by atoms with E-state index in [2.05, 4.69) is 0 Å². The fourth-order valence-electron chi connectivity index (χ4n) is 2.31. The van der Waals surface area contributed by atoms with Crippen LogP contribution in [0.5, 0.6) is 5.75 Å². The second-order valence-corrected chi connectivity index (χ2v) is 4.61. The SMILES string of the molecule is O=C1CCCc2oc(=O)c(-c3ccc(O)cc3)cc21. The van der Waals surface area contributed by atoms with Crippen molar-refractivity contribution >= 4 is 5.78 Å². The van der Waals surface area contributed by atoms with Gasteiger partial charge in [-0.1, -0.05) is 12.1 Å². The third-order valence-electron chi connectivity index (χ3n) is 3.31. The number of Topliss-reactive ketones (excluding diaryl/α,β-unsaturated/α-hetero) is 1. The second kappa shape index (κ2) is 4.39. The predicted octanol–water partition coefficient (Wildman–Crippen LogP) is 2.53. The molecule has 1 heterocycles. The van der Waals surface area contributed by atoms with Gasteiger partial charge in [-0.05, 0) is 30.2 Å². The first-order valence-corrected chi connectivity index (χ1v) is 6.15. The standard InChI is InChI=1S/C15H12O4/c16-10-6-4-9(5-7-10)11-8-12-13(17)2-1-3-14(12)19-15(11)18/h4-8,16H,1-3H2. The summed E-state index contributed by atoms with van der Waals surface area (Å²) in [6.07, 6.45) is 1.86. The molecule has 0 atom stereocenters. The van der Waals surface area contributed by atoms with Gasteiger partial charge < -0.3 is 9.52 Å². The van der Waals surface area contributed by atoms with Gasteiger partial charge in [0.1, 0.15) is 11.5 Å². The van der Waals surface area contributed by atoms with Crippen molar-refractivity contribution < 1.29 is 14.3 Å². The number of aryl methyl sites for hydroxylation is 1. The predicted molar refractivity (Wildman–Crippen MR) is 69.3 cm³/mol. The van der Waals surface area contributed by atoms with Gasteiger partial charge in [0, 0.05) is 12.8 Å². The van der Waals surface area contributed by atoms with Crippen LogP contribution in [0.3, 0.4) is 0 Å². The van der Waals surface area contributed by atoms with Crippen LogP contribution in [0.4, 0.5) is 0 Å². The number of hydrogen-bond acceptors (Lipinski definition) is 4. The lowest BCUT2D eigenvalue weighted by molar-refractivity contribution is 0.0966. The summed E-state index contributed by atoms with van der Waals surface area (Å²) in [6.45, 7) is 0. The second-order valence-electron chi connectivity index (χ2n) is 4.61. The topological polar surface area (TPSA) is 67.5 Å². The number of carbonyl (C=O) groups is 1. The minimum Gasteiger partial charge on any atom is -0.508 e. The molecule has 0 aliphatic heterocycles. The summed E-state index contributed by atoms with van der Waals surface area (Å²) in [4.78, 5) is 23.8. The number of phenolic OH excluding ortho intramolecular Hbond substituents is 1. The number of rotatable bonds is 1. The summed E-state index contributed by atoms with van der Waals surface area (Å²) in [7, 11) is 0. The number of benzene rings is 1. The average Bonchev–Trinajstić information content (AvgIpc) is 2.40. The van der Waals surface area contributed by atoms with E-state index in [0.29, 0.717) is 35.3 Å². The van der Waals surface area contributed by atoms with Gasteiger partial charge in [-0.25, -0.2) is 4.79 Å². The molecule has 3 rings (SSSR count). The van der Waals surface area contributed by atoms with Crippen molar-refractivity contribution in [1.82, 2.24) is 0 Å². The number of phenols is 1. The molecule has 0 unspecified atom stereocenters. The highest BCUT2D eigenvalue weighted by Crippen LogP contribution is 2.25. The number of carbonyl (C=O) groups excluding carboxylic acids is 1. The van der Waals surface area contributed by atoms with Crippen molar-refractivity contribution in [3.05, 3.63) is 52.1 Å². The fraction of sp³-hybridized carbons (Fsp3) is 0.200. The van der Waals surface area contributed by atoms with E-state index in [0.717, 1.165) is 6.42 Å². The molecule has 0 bridgehead atoms. The minimum atomic E-state index is -0.445. The molecule has 1 aromatic heterocycles. The zero-order valence-corrected chi connectivity index (χ0v) is 10.2. The van der Waals surface area contributed by atoms with E-state index < -0.39 is 5.63 Å². The first kappa shape index (κ1) is 11.7. The first-order chi connectivity index (χ1) is 9.15. The van der Waals surface area contributed by atoms with Crippen molar-refractivity contribution in [3.8, 4) is 16.9 Å². The Hall–Kier alpha value is -2.36. The van der Waals surface area contributed by atoms with E-state index in [1.54, 1.807) is 18.2 Å². The molecule has 19 heavy (non-hydrogen) atoms. The van der Waals surface area contributed by atoms with Crippen LogP contribution in [0.25, 0.3) is 11.1 Å². The van der Waals surface area contributed by atoms with Crippen molar-refractivity contribution in [2.75, 3.05) is 0 Å². The molecule has 1 aromatic carbocycles. The number of hydrogen-bond donors (Lipinski definition) is 1. The van der Waals surface area contributed by atoms with E-state index >= 15 is 0 Å². The van der Waals surface area contributed by atoms with E-state index in [-0.39, 0.29) is 11.5 Å². The molecule has 0 amide bonds. The summed E-state index contributed by atoms with van der Waals surface area (Å²) in [5, 5.41) is 9.25. The molecule has 0 radical (unpaired) electrons. The van der Waals surface area contributed by atoms with Gasteiger partial charge in [0.25, 0.3) is 0 Å². The Kier molecular flexibility index (Phi) is 2.71. The third kappa shape index (κ3) is 2.05. The Morgan fingerprint density at radius 2 is 1.74 bits per heavy atom. The molecule has 96 valence electrons. The molecule has 0 saturated carbocycles. The van der Waals surface area contributed by atoms with Crippen molar-refractivity contribution in [2.45, 2.75) is 19.3 Å². The summed E-state index contributed by atoms with van der Waals surface area (Å²) >= 11 is 0. The van der Waals surface area contributed by atoms with Gasteiger partial charge in [-0.2, -0.15) is 0 Å². The summed E-state index contributed by atoms with van der Waals surface area (Å²) in [5.74, 6) is 0.635. The average molecular weight is 256 g/mol. The van der Waals surface area contributed by atoms with Gasteiger partial charge in [-0.3, -0.25) is 4.79 Å². The molecule has 1 aliphatic carbocycles. The number of aromatic hydroxyl groups is 1. The first-order valence-electron chi connectivity index (χ1n) is 6.15. The van der Waals surface area contributed by atoms with Crippen LogP contribution in [0.2, 0.25) is 0 Å². The summed E-state index contributed by atoms with van der Waals surface area (Å²) in [5.41, 5.74) is 1.05. The summed E-state index contributed by atoms with van der Waals surface area (Å²) < 4.78 is 5.25. The highest BCUT2D eigenvalue weighted by Gasteiger charge is 2.21. The zero-order valence-electron chi connectivity index (χ0n) is 10.2. The molecular weight excluding hydrogens is 244 g/mol. The molecule has 2 aromatic rings. The highest BCUT2D eigenvalue weighted by atomic mass is 16.4. The Balaban J connectivity index is 2.17. The normalized spacial score (nSPS) is 14.2. The minimum absolute atomic E-state index is 0.0185. The van der Waals surface area contributed by atoms with Crippen LogP contribution in [0, 0.1) is 0 Å². The van der Waals surface area contributed by atoms with Gasteiger partial charge in [0.2, 0.25) is 0 Å². The zero-order chi connectivity index (χ0) is 13.4. The van der Waals surface area contributed by atoms with Crippen LogP contribution in [0.1, 0.15) is 29.0 Å². The Morgan fingerprint density at radius 3 is 2.47 bits per heavy atom.